The van der Waals surface area contributed by atoms with E-state index in [9.17, 15) is 9.59 Å². The maximum Gasteiger partial charge on any atom is 0.373 e. The summed E-state index contributed by atoms with van der Waals surface area (Å²) in [5.74, 6) is -0.612. The Balaban J connectivity index is 2.05. The molecular weight excluding hydrogens is 312 g/mol. The van der Waals surface area contributed by atoms with Gasteiger partial charge < -0.3 is 0 Å². The SMILES string of the molecule is CC(C)(C)OOC(=O)c1ccc2sc3ccccc3c(=O)c2c1. The third-order valence-electron chi connectivity index (χ3n) is 3.18. The fourth-order valence-electron chi connectivity index (χ4n) is 2.14. The van der Waals surface area contributed by atoms with Crippen LogP contribution in [0.1, 0.15) is 31.1 Å². The van der Waals surface area contributed by atoms with Gasteiger partial charge in [0, 0.05) is 20.2 Å². The number of hydrogen-bond acceptors (Lipinski definition) is 5. The van der Waals surface area contributed by atoms with E-state index >= 15 is 0 Å². The number of carbonyl (C=O) groups excluding carboxylic acids is 1. The van der Waals surface area contributed by atoms with E-state index in [2.05, 4.69) is 0 Å². The molecule has 2 aromatic carbocycles. The Morgan fingerprint density at radius 3 is 2.43 bits per heavy atom. The summed E-state index contributed by atoms with van der Waals surface area (Å²) in [6, 6.07) is 12.4. The highest BCUT2D eigenvalue weighted by atomic mass is 32.1. The minimum Gasteiger partial charge on any atom is -0.292 e. The molecule has 23 heavy (non-hydrogen) atoms. The third kappa shape index (κ3) is 3.25. The second-order valence-electron chi connectivity index (χ2n) is 6.20. The monoisotopic (exact) mass is 328 g/mol. The van der Waals surface area contributed by atoms with Crippen molar-refractivity contribution < 1.29 is 14.6 Å². The van der Waals surface area contributed by atoms with E-state index in [0.717, 1.165) is 9.40 Å². The van der Waals surface area contributed by atoms with E-state index in [0.29, 0.717) is 16.3 Å². The van der Waals surface area contributed by atoms with Gasteiger partial charge in [-0.1, -0.05) is 12.1 Å². The molecule has 4 nitrogen and oxygen atoms in total. The maximum atomic E-state index is 12.6. The molecule has 0 saturated carbocycles. The van der Waals surface area contributed by atoms with Gasteiger partial charge in [-0.25, -0.2) is 4.79 Å². The van der Waals surface area contributed by atoms with Crippen LogP contribution in [0.5, 0.6) is 0 Å². The van der Waals surface area contributed by atoms with Crippen molar-refractivity contribution in [2.75, 3.05) is 0 Å². The zero-order valence-electron chi connectivity index (χ0n) is 13.1. The highest BCUT2D eigenvalue weighted by molar-refractivity contribution is 7.24. The van der Waals surface area contributed by atoms with Crippen molar-refractivity contribution in [1.82, 2.24) is 0 Å². The summed E-state index contributed by atoms with van der Waals surface area (Å²) in [6.45, 7) is 5.35. The van der Waals surface area contributed by atoms with Crippen molar-refractivity contribution in [1.29, 1.82) is 0 Å². The quantitative estimate of drug-likeness (QED) is 0.400. The summed E-state index contributed by atoms with van der Waals surface area (Å²) < 4.78 is 1.76. The molecule has 0 fully saturated rings. The van der Waals surface area contributed by atoms with Gasteiger partial charge in [0.15, 0.2) is 5.43 Å². The Hall–Kier alpha value is -2.24. The molecule has 0 N–H and O–H groups in total. The third-order valence-corrected chi connectivity index (χ3v) is 4.33. The van der Waals surface area contributed by atoms with Crippen LogP contribution in [0.25, 0.3) is 20.2 Å². The molecular formula is C18H16O4S. The van der Waals surface area contributed by atoms with Crippen molar-refractivity contribution in [3.63, 3.8) is 0 Å². The summed E-state index contributed by atoms with van der Waals surface area (Å²) >= 11 is 1.52. The van der Waals surface area contributed by atoms with Gasteiger partial charge in [0.05, 0.1) is 5.56 Å². The molecule has 118 valence electrons. The zero-order chi connectivity index (χ0) is 16.6. The van der Waals surface area contributed by atoms with Crippen molar-refractivity contribution in [2.45, 2.75) is 26.4 Å². The lowest BCUT2D eigenvalue weighted by molar-refractivity contribution is -0.301. The number of fused-ring (bicyclic) bond motifs is 2. The molecule has 3 aromatic rings. The maximum absolute atomic E-state index is 12.6. The normalized spacial score (nSPS) is 11.8. The van der Waals surface area contributed by atoms with Crippen LogP contribution < -0.4 is 5.43 Å². The van der Waals surface area contributed by atoms with Crippen molar-refractivity contribution in [2.24, 2.45) is 0 Å². The molecule has 5 heteroatoms. The fourth-order valence-corrected chi connectivity index (χ4v) is 3.19. The van der Waals surface area contributed by atoms with Gasteiger partial charge in [0.25, 0.3) is 0 Å². The van der Waals surface area contributed by atoms with Gasteiger partial charge >= 0.3 is 5.97 Å². The van der Waals surface area contributed by atoms with Crippen LogP contribution in [0.2, 0.25) is 0 Å². The highest BCUT2D eigenvalue weighted by Crippen LogP contribution is 2.25. The lowest BCUT2D eigenvalue weighted by Gasteiger charge is -2.16. The van der Waals surface area contributed by atoms with Crippen LogP contribution in [-0.2, 0) is 9.78 Å². The Labute approximate surface area is 137 Å². The number of benzene rings is 2. The molecule has 0 aliphatic carbocycles. The van der Waals surface area contributed by atoms with Gasteiger partial charge in [0.2, 0.25) is 0 Å². The first-order chi connectivity index (χ1) is 10.8. The first-order valence-corrected chi connectivity index (χ1v) is 8.02. The first-order valence-electron chi connectivity index (χ1n) is 7.21. The minimum atomic E-state index is -0.612. The van der Waals surface area contributed by atoms with Crippen LogP contribution in [-0.4, -0.2) is 11.6 Å². The van der Waals surface area contributed by atoms with E-state index in [1.807, 2.05) is 18.2 Å². The molecule has 3 rings (SSSR count). The van der Waals surface area contributed by atoms with Gasteiger partial charge in [-0.3, -0.25) is 9.68 Å². The molecule has 1 heterocycles. The Morgan fingerprint density at radius 2 is 1.70 bits per heavy atom. The molecule has 0 unspecified atom stereocenters. The number of carbonyl (C=O) groups is 1. The molecule has 0 bridgehead atoms. The van der Waals surface area contributed by atoms with E-state index in [1.165, 1.54) is 11.3 Å². The molecule has 0 atom stereocenters. The molecule has 0 radical (unpaired) electrons. The highest BCUT2D eigenvalue weighted by Gasteiger charge is 2.17. The Morgan fingerprint density at radius 1 is 1.00 bits per heavy atom. The topological polar surface area (TPSA) is 52.6 Å². The summed E-state index contributed by atoms with van der Waals surface area (Å²) in [7, 11) is 0. The standard InChI is InChI=1S/C18H16O4S/c1-18(2,3)22-21-17(20)11-8-9-15-13(10-11)16(19)12-6-4-5-7-14(12)23-15/h4-10H,1-3H3. The van der Waals surface area contributed by atoms with Crippen molar-refractivity contribution in [3.8, 4) is 0 Å². The van der Waals surface area contributed by atoms with E-state index in [-0.39, 0.29) is 5.43 Å². The average Bonchev–Trinajstić information content (AvgIpc) is 2.52. The predicted octanol–water partition coefficient (Wildman–Crippen LogP) is 4.30. The minimum absolute atomic E-state index is 0.0826. The van der Waals surface area contributed by atoms with Crippen molar-refractivity contribution >= 4 is 37.5 Å². The largest absolute Gasteiger partial charge is 0.373 e. The van der Waals surface area contributed by atoms with E-state index in [1.54, 1.807) is 45.0 Å². The van der Waals surface area contributed by atoms with Crippen LogP contribution in [0.4, 0.5) is 0 Å². The summed E-state index contributed by atoms with van der Waals surface area (Å²) in [4.78, 5) is 34.5. The zero-order valence-corrected chi connectivity index (χ0v) is 13.9. The van der Waals surface area contributed by atoms with Crippen LogP contribution in [0, 0.1) is 0 Å². The van der Waals surface area contributed by atoms with Crippen molar-refractivity contribution in [3.05, 3.63) is 58.3 Å². The molecule has 0 aliphatic rings. The van der Waals surface area contributed by atoms with E-state index < -0.39 is 11.6 Å². The summed E-state index contributed by atoms with van der Waals surface area (Å²) in [5, 5.41) is 1.17. The van der Waals surface area contributed by atoms with Gasteiger partial charge in [-0.05, 0) is 51.1 Å². The Bertz CT molecular complexity index is 951. The second kappa shape index (κ2) is 5.76. The Kier molecular flexibility index (Phi) is 3.92. The lowest BCUT2D eigenvalue weighted by Crippen LogP contribution is -2.22. The average molecular weight is 328 g/mol. The smallest absolute Gasteiger partial charge is 0.292 e. The van der Waals surface area contributed by atoms with Gasteiger partial charge in [-0.2, -0.15) is 4.89 Å². The van der Waals surface area contributed by atoms with E-state index in [4.69, 9.17) is 9.78 Å². The lowest BCUT2D eigenvalue weighted by atomic mass is 10.1. The fraction of sp³-hybridized carbons (Fsp3) is 0.222. The molecule has 0 saturated heterocycles. The molecule has 0 aliphatic heterocycles. The number of hydrogen-bond donors (Lipinski definition) is 0. The summed E-state index contributed by atoms with van der Waals surface area (Å²) in [5.41, 5.74) is -0.379. The molecule has 1 aromatic heterocycles. The van der Waals surface area contributed by atoms with Crippen LogP contribution >= 0.6 is 11.3 Å². The first kappa shape index (κ1) is 15.6. The predicted molar refractivity (Wildman–Crippen MR) is 91.9 cm³/mol. The van der Waals surface area contributed by atoms with Gasteiger partial charge in [-0.15, -0.1) is 11.3 Å². The van der Waals surface area contributed by atoms with Gasteiger partial charge in [0.1, 0.15) is 5.60 Å². The summed E-state index contributed by atoms with van der Waals surface area (Å²) in [6.07, 6.45) is 0. The van der Waals surface area contributed by atoms with Crippen LogP contribution in [0.15, 0.2) is 47.3 Å². The molecule has 0 spiro atoms. The van der Waals surface area contributed by atoms with Crippen LogP contribution in [0.3, 0.4) is 0 Å². The number of rotatable bonds is 2. The second-order valence-corrected chi connectivity index (χ2v) is 7.29. The molecule has 0 amide bonds.